The van der Waals surface area contributed by atoms with Crippen molar-refractivity contribution in [1.29, 1.82) is 0 Å². The van der Waals surface area contributed by atoms with Gasteiger partial charge >= 0.3 is 0 Å². The summed E-state index contributed by atoms with van der Waals surface area (Å²) < 4.78 is 6.25. The van der Waals surface area contributed by atoms with Crippen molar-refractivity contribution in [2.45, 2.75) is 44.7 Å². The zero-order valence-corrected chi connectivity index (χ0v) is 23.5. The summed E-state index contributed by atoms with van der Waals surface area (Å²) in [5.74, 6) is 1.76. The molecule has 1 fully saturated rings. The number of rotatable bonds is 6. The molecule has 1 saturated carbocycles. The minimum Gasteiger partial charge on any atom is -0.455 e. The smallest absolute Gasteiger partial charge is 0.255 e. The third-order valence-corrected chi connectivity index (χ3v) is 7.83. The lowest BCUT2D eigenvalue weighted by atomic mass is 9.91. The van der Waals surface area contributed by atoms with E-state index in [0.29, 0.717) is 33.8 Å². The number of fused-ring (bicyclic) bond motifs is 2. The molecule has 8 nitrogen and oxygen atoms in total. The molecular weight excluding hydrogens is 514 g/mol. The maximum absolute atomic E-state index is 13.5. The van der Waals surface area contributed by atoms with Gasteiger partial charge in [-0.3, -0.25) is 9.59 Å². The molecule has 0 saturated heterocycles. The lowest BCUT2D eigenvalue weighted by Gasteiger charge is -2.30. The first-order valence-electron chi connectivity index (χ1n) is 14.0. The van der Waals surface area contributed by atoms with Crippen molar-refractivity contribution >= 4 is 39.5 Å². The minimum absolute atomic E-state index is 0.0245. The molecule has 1 amide bonds. The molecule has 1 aliphatic rings. The standard InChI is InChI=1S/C33H33N5O3/c1-20-28(39)25-13-9-14-26(30(25)41-29(20)21-10-5-4-6-11-21)32(40)34-22-16-18-23(19-17-22)35-33-36-27-15-8-7-12-24(27)31(37-33)38(2)3/h4-15,22-23H,16-19H2,1-3H3,(H,34,40)(H,35,36,37). The normalized spacial score (nSPS) is 17.0. The molecule has 0 bridgehead atoms. The number of carbonyl (C=O) groups excluding carboxylic acids is 1. The van der Waals surface area contributed by atoms with Crippen LogP contribution in [0.1, 0.15) is 41.6 Å². The van der Waals surface area contributed by atoms with E-state index >= 15 is 0 Å². The minimum atomic E-state index is -0.230. The molecule has 41 heavy (non-hydrogen) atoms. The Morgan fingerprint density at radius 1 is 0.854 bits per heavy atom. The highest BCUT2D eigenvalue weighted by Gasteiger charge is 2.25. The summed E-state index contributed by atoms with van der Waals surface area (Å²) in [5, 5.41) is 8.14. The van der Waals surface area contributed by atoms with Crippen LogP contribution in [0.5, 0.6) is 0 Å². The Labute approximate surface area is 238 Å². The Bertz CT molecular complexity index is 1790. The van der Waals surface area contributed by atoms with Gasteiger partial charge in [-0.15, -0.1) is 0 Å². The SMILES string of the molecule is Cc1c(-c2ccccc2)oc2c(C(=O)NC3CCC(Nc4nc(N(C)C)c5ccccc5n4)CC3)cccc2c1=O. The van der Waals surface area contributed by atoms with E-state index in [-0.39, 0.29) is 23.4 Å². The van der Waals surface area contributed by atoms with Crippen molar-refractivity contribution in [3.63, 3.8) is 0 Å². The van der Waals surface area contributed by atoms with E-state index in [0.717, 1.165) is 48.0 Å². The molecular formula is C33H33N5O3. The van der Waals surface area contributed by atoms with Gasteiger partial charge in [-0.25, -0.2) is 4.98 Å². The summed E-state index contributed by atoms with van der Waals surface area (Å²) in [6.45, 7) is 1.76. The fraction of sp³-hybridized carbons (Fsp3) is 0.273. The van der Waals surface area contributed by atoms with Crippen molar-refractivity contribution < 1.29 is 9.21 Å². The number of hydrogen-bond acceptors (Lipinski definition) is 7. The molecule has 0 spiro atoms. The molecule has 2 aromatic heterocycles. The summed E-state index contributed by atoms with van der Waals surface area (Å²) in [6.07, 6.45) is 3.39. The second-order valence-corrected chi connectivity index (χ2v) is 10.9. The van der Waals surface area contributed by atoms with Crippen molar-refractivity contribution in [2.24, 2.45) is 0 Å². The Hall–Kier alpha value is -4.72. The topological polar surface area (TPSA) is 100 Å². The zero-order chi connectivity index (χ0) is 28.5. The maximum atomic E-state index is 13.5. The van der Waals surface area contributed by atoms with Crippen LogP contribution in [-0.4, -0.2) is 42.1 Å². The first kappa shape index (κ1) is 26.5. The number of carbonyl (C=O) groups is 1. The second-order valence-electron chi connectivity index (χ2n) is 10.9. The quantitative estimate of drug-likeness (QED) is 0.272. The number of para-hydroxylation sites is 2. The van der Waals surface area contributed by atoms with E-state index < -0.39 is 0 Å². The van der Waals surface area contributed by atoms with Crippen LogP contribution in [0.25, 0.3) is 33.2 Å². The summed E-state index contributed by atoms with van der Waals surface area (Å²) in [6, 6.07) is 22.9. The fourth-order valence-electron chi connectivity index (χ4n) is 5.65. The molecule has 0 radical (unpaired) electrons. The summed E-state index contributed by atoms with van der Waals surface area (Å²) in [4.78, 5) is 38.2. The van der Waals surface area contributed by atoms with Crippen LogP contribution in [0, 0.1) is 6.92 Å². The van der Waals surface area contributed by atoms with Crippen molar-refractivity contribution in [1.82, 2.24) is 15.3 Å². The van der Waals surface area contributed by atoms with Gasteiger partial charge in [-0.05, 0) is 56.9 Å². The van der Waals surface area contributed by atoms with Crippen LogP contribution in [0.3, 0.4) is 0 Å². The third kappa shape index (κ3) is 5.25. The third-order valence-electron chi connectivity index (χ3n) is 7.83. The number of amides is 1. The first-order chi connectivity index (χ1) is 19.9. The van der Waals surface area contributed by atoms with Gasteiger partial charge < -0.3 is 20.0 Å². The van der Waals surface area contributed by atoms with Crippen molar-refractivity contribution in [3.05, 3.63) is 94.1 Å². The van der Waals surface area contributed by atoms with Crippen molar-refractivity contribution in [2.75, 3.05) is 24.3 Å². The van der Waals surface area contributed by atoms with Gasteiger partial charge in [0.05, 0.1) is 16.5 Å². The summed E-state index contributed by atoms with van der Waals surface area (Å²) in [5.41, 5.74) is 2.80. The molecule has 5 aromatic rings. The largest absolute Gasteiger partial charge is 0.455 e. The number of nitrogens with zero attached hydrogens (tertiary/aromatic N) is 3. The first-order valence-corrected chi connectivity index (χ1v) is 14.0. The average Bonchev–Trinajstić information content (AvgIpc) is 2.99. The number of anilines is 2. The van der Waals surface area contributed by atoms with E-state index in [2.05, 4.69) is 10.6 Å². The number of aromatic nitrogens is 2. The van der Waals surface area contributed by atoms with E-state index in [1.165, 1.54) is 0 Å². The van der Waals surface area contributed by atoms with E-state index in [1.54, 1.807) is 25.1 Å². The Balaban J connectivity index is 1.17. The maximum Gasteiger partial charge on any atom is 0.255 e. The van der Waals surface area contributed by atoms with Crippen LogP contribution < -0.4 is 21.0 Å². The Morgan fingerprint density at radius 3 is 2.29 bits per heavy atom. The van der Waals surface area contributed by atoms with Crippen molar-refractivity contribution in [3.8, 4) is 11.3 Å². The molecule has 208 valence electrons. The average molecular weight is 548 g/mol. The molecule has 6 rings (SSSR count). The highest BCUT2D eigenvalue weighted by Crippen LogP contribution is 2.29. The Kier molecular flexibility index (Phi) is 7.14. The molecule has 2 N–H and O–H groups in total. The van der Waals surface area contributed by atoms with E-state index in [1.807, 2.05) is 73.6 Å². The van der Waals surface area contributed by atoms with Gasteiger partial charge in [0.25, 0.3) is 5.91 Å². The fourth-order valence-corrected chi connectivity index (χ4v) is 5.65. The molecule has 1 aliphatic carbocycles. The van der Waals surface area contributed by atoms with Crippen LogP contribution in [0.4, 0.5) is 11.8 Å². The van der Waals surface area contributed by atoms with Crippen LogP contribution in [-0.2, 0) is 0 Å². The molecule has 8 heteroatoms. The van der Waals surface area contributed by atoms with Gasteiger partial charge in [0.15, 0.2) is 11.0 Å². The number of nitrogens with one attached hydrogen (secondary N) is 2. The van der Waals surface area contributed by atoms with Crippen LogP contribution >= 0.6 is 0 Å². The van der Waals surface area contributed by atoms with Gasteiger partial charge in [0.1, 0.15) is 11.6 Å². The van der Waals surface area contributed by atoms with E-state index in [4.69, 9.17) is 14.4 Å². The van der Waals surface area contributed by atoms with Gasteiger partial charge in [0.2, 0.25) is 5.95 Å². The summed E-state index contributed by atoms with van der Waals surface area (Å²) in [7, 11) is 3.97. The molecule has 3 aromatic carbocycles. The molecule has 2 heterocycles. The van der Waals surface area contributed by atoms with Gasteiger partial charge in [-0.1, -0.05) is 48.5 Å². The van der Waals surface area contributed by atoms with Crippen LogP contribution in [0.15, 0.2) is 82.0 Å². The predicted octanol–water partition coefficient (Wildman–Crippen LogP) is 5.93. The summed E-state index contributed by atoms with van der Waals surface area (Å²) >= 11 is 0. The highest BCUT2D eigenvalue weighted by atomic mass is 16.3. The molecule has 0 aliphatic heterocycles. The highest BCUT2D eigenvalue weighted by molar-refractivity contribution is 6.05. The monoisotopic (exact) mass is 547 g/mol. The van der Waals surface area contributed by atoms with E-state index in [9.17, 15) is 9.59 Å². The molecule has 0 unspecified atom stereocenters. The predicted molar refractivity (Wildman–Crippen MR) is 164 cm³/mol. The van der Waals surface area contributed by atoms with Crippen LogP contribution in [0.2, 0.25) is 0 Å². The number of benzene rings is 3. The Morgan fingerprint density at radius 2 is 1.54 bits per heavy atom. The number of hydrogen-bond donors (Lipinski definition) is 2. The lowest BCUT2D eigenvalue weighted by molar-refractivity contribution is 0.0927. The lowest BCUT2D eigenvalue weighted by Crippen LogP contribution is -2.40. The second kappa shape index (κ2) is 11.0. The zero-order valence-electron chi connectivity index (χ0n) is 23.5. The van der Waals surface area contributed by atoms with Gasteiger partial charge in [-0.2, -0.15) is 4.98 Å². The molecule has 0 atom stereocenters. The van der Waals surface area contributed by atoms with Gasteiger partial charge in [0, 0.05) is 42.7 Å².